The molecule has 9 heteroatoms. The van der Waals surface area contributed by atoms with E-state index in [0.717, 1.165) is 5.56 Å². The van der Waals surface area contributed by atoms with E-state index >= 15 is 0 Å². The zero-order valence-electron chi connectivity index (χ0n) is 20.5. The first kappa shape index (κ1) is 26.4. The van der Waals surface area contributed by atoms with Crippen LogP contribution in [0.1, 0.15) is 47.2 Å². The van der Waals surface area contributed by atoms with Crippen LogP contribution in [0.2, 0.25) is 0 Å². The largest absolute Gasteiger partial charge is 0.444 e. The molecule has 0 aliphatic heterocycles. The molecular formula is C27H30N4O5. The molecule has 0 unspecified atom stereocenters. The van der Waals surface area contributed by atoms with E-state index in [1.54, 1.807) is 45.0 Å². The van der Waals surface area contributed by atoms with Crippen molar-refractivity contribution in [1.29, 1.82) is 0 Å². The molecule has 0 radical (unpaired) electrons. The fourth-order valence-corrected chi connectivity index (χ4v) is 3.32. The number of carbonyl (C=O) groups excluding carboxylic acids is 3. The van der Waals surface area contributed by atoms with Crippen molar-refractivity contribution in [3.8, 4) is 0 Å². The zero-order valence-corrected chi connectivity index (χ0v) is 20.5. The number of rotatable bonds is 8. The van der Waals surface area contributed by atoms with Crippen LogP contribution >= 0.6 is 0 Å². The first-order valence-electron chi connectivity index (χ1n) is 11.5. The summed E-state index contributed by atoms with van der Waals surface area (Å²) in [6.07, 6.45) is 0.686. The van der Waals surface area contributed by atoms with Crippen LogP contribution in [0.4, 0.5) is 16.2 Å². The molecule has 36 heavy (non-hydrogen) atoms. The van der Waals surface area contributed by atoms with Crippen LogP contribution in [0, 0.1) is 0 Å². The number of ether oxygens (including phenoxy) is 1. The molecular weight excluding hydrogens is 460 g/mol. The minimum atomic E-state index is -0.667. The van der Waals surface area contributed by atoms with E-state index in [9.17, 15) is 19.5 Å². The number of nitrogens with zero attached hydrogens (tertiary/aromatic N) is 2. The summed E-state index contributed by atoms with van der Waals surface area (Å²) in [7, 11) is 0. The summed E-state index contributed by atoms with van der Waals surface area (Å²) >= 11 is 0. The van der Waals surface area contributed by atoms with Crippen LogP contribution in [-0.2, 0) is 11.3 Å². The number of para-hydroxylation sites is 2. The van der Waals surface area contributed by atoms with Gasteiger partial charge >= 0.3 is 6.09 Å². The topological polar surface area (TPSA) is 121 Å². The van der Waals surface area contributed by atoms with E-state index in [4.69, 9.17) is 4.74 Å². The maximum absolute atomic E-state index is 13.0. The lowest BCUT2D eigenvalue weighted by Crippen LogP contribution is -2.33. The molecule has 188 valence electrons. The first-order chi connectivity index (χ1) is 17.2. The predicted molar refractivity (Wildman–Crippen MR) is 137 cm³/mol. The van der Waals surface area contributed by atoms with E-state index in [0.29, 0.717) is 23.5 Å². The molecule has 0 saturated carbocycles. The Kier molecular flexibility index (Phi) is 8.75. The highest BCUT2D eigenvalue weighted by Gasteiger charge is 2.19. The molecule has 0 aliphatic carbocycles. The highest BCUT2D eigenvalue weighted by Crippen LogP contribution is 2.23. The lowest BCUT2D eigenvalue weighted by molar-refractivity contribution is 0.0635. The second-order valence-corrected chi connectivity index (χ2v) is 8.99. The quantitative estimate of drug-likeness (QED) is 0.433. The number of carbonyl (C=O) groups is 3. The Morgan fingerprint density at radius 3 is 2.14 bits per heavy atom. The van der Waals surface area contributed by atoms with Crippen molar-refractivity contribution >= 4 is 29.3 Å². The molecule has 1 aromatic heterocycles. The van der Waals surface area contributed by atoms with Crippen LogP contribution in [0.15, 0.2) is 72.9 Å². The number of aliphatic hydroxyl groups excluding tert-OH is 1. The van der Waals surface area contributed by atoms with Crippen LogP contribution in [0.5, 0.6) is 0 Å². The second kappa shape index (κ2) is 11.9. The van der Waals surface area contributed by atoms with Gasteiger partial charge in [0.05, 0.1) is 23.5 Å². The minimum absolute atomic E-state index is 0.0930. The van der Waals surface area contributed by atoms with Crippen LogP contribution in [0.25, 0.3) is 0 Å². The molecule has 3 N–H and O–H groups in total. The summed E-state index contributed by atoms with van der Waals surface area (Å²) in [5.74, 6) is -0.816. The van der Waals surface area contributed by atoms with Gasteiger partial charge in [-0.3, -0.25) is 19.9 Å². The second-order valence-electron chi connectivity index (χ2n) is 8.99. The van der Waals surface area contributed by atoms with E-state index in [2.05, 4.69) is 15.6 Å². The van der Waals surface area contributed by atoms with Gasteiger partial charge in [0.15, 0.2) is 0 Å². The molecule has 2 aromatic carbocycles. The van der Waals surface area contributed by atoms with Crippen molar-refractivity contribution in [2.45, 2.75) is 32.9 Å². The first-order valence-corrected chi connectivity index (χ1v) is 11.5. The molecule has 0 aliphatic rings. The normalized spacial score (nSPS) is 10.9. The van der Waals surface area contributed by atoms with Crippen molar-refractivity contribution in [2.75, 3.05) is 23.8 Å². The zero-order chi connectivity index (χ0) is 26.1. The Hall–Kier alpha value is -4.24. The van der Waals surface area contributed by atoms with Gasteiger partial charge in [0.2, 0.25) is 0 Å². The summed E-state index contributed by atoms with van der Waals surface area (Å²) in [5.41, 5.74) is 1.39. The molecule has 0 bridgehead atoms. The molecule has 9 nitrogen and oxygen atoms in total. The van der Waals surface area contributed by atoms with Gasteiger partial charge in [-0.2, -0.15) is 0 Å². The average Bonchev–Trinajstić information content (AvgIpc) is 2.84. The minimum Gasteiger partial charge on any atom is -0.444 e. The maximum atomic E-state index is 13.0. The van der Waals surface area contributed by atoms with Crippen molar-refractivity contribution in [1.82, 2.24) is 9.88 Å². The molecule has 0 saturated heterocycles. The summed E-state index contributed by atoms with van der Waals surface area (Å²) in [6, 6.07) is 19.1. The van der Waals surface area contributed by atoms with E-state index in [1.807, 2.05) is 30.3 Å². The highest BCUT2D eigenvalue weighted by molar-refractivity contribution is 6.06. The summed E-state index contributed by atoms with van der Waals surface area (Å²) in [4.78, 5) is 43.6. The summed E-state index contributed by atoms with van der Waals surface area (Å²) in [6.45, 7) is 5.59. The fourth-order valence-electron chi connectivity index (χ4n) is 3.32. The van der Waals surface area contributed by atoms with Crippen molar-refractivity contribution < 1.29 is 24.2 Å². The molecule has 0 atom stereocenters. The van der Waals surface area contributed by atoms with Crippen LogP contribution < -0.4 is 10.6 Å². The number of aliphatic hydroxyl groups is 1. The third-order valence-electron chi connectivity index (χ3n) is 4.93. The third kappa shape index (κ3) is 7.64. The smallest absolute Gasteiger partial charge is 0.412 e. The molecule has 0 spiro atoms. The number of hydrogen-bond donors (Lipinski definition) is 3. The number of anilines is 2. The number of nitrogens with one attached hydrogen (secondary N) is 2. The standard InChI is InChI=1S/C27H30N4O5/c1-27(2,3)36-26(35)30-22-12-8-7-11-21(22)29-24(33)23-14-13-20(17-28-23)25(34)31(15-16-32)18-19-9-5-4-6-10-19/h4-14,17,32H,15-16,18H2,1-3H3,(H,29,33)(H,30,35). The van der Waals surface area contributed by atoms with Gasteiger partial charge in [0, 0.05) is 19.3 Å². The SMILES string of the molecule is CC(C)(C)OC(=O)Nc1ccccc1NC(=O)c1ccc(C(=O)N(CCO)Cc2ccccc2)cn1. The number of benzene rings is 2. The molecule has 0 fully saturated rings. The number of amides is 3. The van der Waals surface area contributed by atoms with Gasteiger partial charge in [0.25, 0.3) is 11.8 Å². The lowest BCUT2D eigenvalue weighted by atomic mass is 10.1. The Morgan fingerprint density at radius 1 is 0.917 bits per heavy atom. The predicted octanol–water partition coefficient (Wildman–Crippen LogP) is 4.32. The monoisotopic (exact) mass is 490 g/mol. The average molecular weight is 491 g/mol. The Labute approximate surface area is 210 Å². The lowest BCUT2D eigenvalue weighted by Gasteiger charge is -2.22. The Balaban J connectivity index is 1.69. The van der Waals surface area contributed by atoms with Crippen LogP contribution in [0.3, 0.4) is 0 Å². The number of aromatic nitrogens is 1. The van der Waals surface area contributed by atoms with Gasteiger partial charge in [-0.1, -0.05) is 42.5 Å². The van der Waals surface area contributed by atoms with Gasteiger partial charge in [-0.15, -0.1) is 0 Å². The maximum Gasteiger partial charge on any atom is 0.412 e. The Bertz CT molecular complexity index is 1190. The van der Waals surface area contributed by atoms with Crippen molar-refractivity contribution in [3.05, 3.63) is 89.7 Å². The molecule has 3 rings (SSSR count). The molecule has 3 aromatic rings. The fraction of sp³-hybridized carbons (Fsp3) is 0.259. The third-order valence-corrected chi connectivity index (χ3v) is 4.93. The Morgan fingerprint density at radius 2 is 1.56 bits per heavy atom. The number of hydrogen-bond acceptors (Lipinski definition) is 6. The van der Waals surface area contributed by atoms with Gasteiger partial charge in [-0.25, -0.2) is 4.79 Å². The van der Waals surface area contributed by atoms with Crippen LogP contribution in [-0.4, -0.2) is 51.7 Å². The van der Waals surface area contributed by atoms with Gasteiger partial charge in [0.1, 0.15) is 11.3 Å². The van der Waals surface area contributed by atoms with E-state index < -0.39 is 17.6 Å². The van der Waals surface area contributed by atoms with Gasteiger partial charge in [-0.05, 0) is 50.6 Å². The van der Waals surface area contributed by atoms with Crippen molar-refractivity contribution in [2.24, 2.45) is 0 Å². The van der Waals surface area contributed by atoms with E-state index in [-0.39, 0.29) is 24.8 Å². The molecule has 1 heterocycles. The van der Waals surface area contributed by atoms with E-state index in [1.165, 1.54) is 23.2 Å². The summed E-state index contributed by atoms with van der Waals surface area (Å²) in [5, 5.41) is 14.7. The molecule has 3 amide bonds. The highest BCUT2D eigenvalue weighted by atomic mass is 16.6. The van der Waals surface area contributed by atoms with Crippen molar-refractivity contribution in [3.63, 3.8) is 0 Å². The van der Waals surface area contributed by atoms with Gasteiger partial charge < -0.3 is 20.1 Å². The number of pyridine rings is 1. The summed E-state index contributed by atoms with van der Waals surface area (Å²) < 4.78 is 5.27.